The lowest BCUT2D eigenvalue weighted by Gasteiger charge is -2.33. The number of piperidine rings is 1. The highest BCUT2D eigenvalue weighted by atomic mass is 16.5. The molecular weight excluding hydrogens is 304 g/mol. The second-order valence-electron chi connectivity index (χ2n) is 6.52. The molecule has 1 N–H and O–H groups in total. The van der Waals surface area contributed by atoms with E-state index in [-0.39, 0.29) is 5.91 Å². The molecule has 5 nitrogen and oxygen atoms in total. The zero-order valence-corrected chi connectivity index (χ0v) is 14.1. The van der Waals surface area contributed by atoms with E-state index in [1.807, 2.05) is 29.2 Å². The minimum absolute atomic E-state index is 0.236. The van der Waals surface area contributed by atoms with Gasteiger partial charge in [-0.2, -0.15) is 0 Å². The lowest BCUT2D eigenvalue weighted by molar-refractivity contribution is -0.134. The van der Waals surface area contributed by atoms with Crippen LogP contribution in [0.15, 0.2) is 30.3 Å². The largest absolute Gasteiger partial charge is 0.507 e. The summed E-state index contributed by atoms with van der Waals surface area (Å²) in [5.74, 6) is 1.02. The predicted octanol–water partition coefficient (Wildman–Crippen LogP) is 1.98. The van der Waals surface area contributed by atoms with Crippen molar-refractivity contribution in [1.82, 2.24) is 9.80 Å². The van der Waals surface area contributed by atoms with Gasteiger partial charge in [0.15, 0.2) is 0 Å². The number of hydrogen-bond donors (Lipinski definition) is 1. The van der Waals surface area contributed by atoms with Gasteiger partial charge < -0.3 is 14.7 Å². The maximum absolute atomic E-state index is 12.4. The number of amides is 1. The predicted molar refractivity (Wildman–Crippen MR) is 93.7 cm³/mol. The van der Waals surface area contributed by atoms with E-state index in [1.165, 1.54) is 0 Å². The fourth-order valence-electron chi connectivity index (χ4n) is 3.26. The van der Waals surface area contributed by atoms with Crippen LogP contribution in [0, 0.1) is 5.92 Å². The smallest absolute Gasteiger partial charge is 0.236 e. The van der Waals surface area contributed by atoms with Crippen molar-refractivity contribution in [2.24, 2.45) is 5.92 Å². The number of likely N-dealkylation sites (tertiary alicyclic amines) is 1. The minimum atomic E-state index is 0.236. The van der Waals surface area contributed by atoms with E-state index in [4.69, 9.17) is 4.74 Å². The van der Waals surface area contributed by atoms with E-state index in [2.05, 4.69) is 11.0 Å². The Labute approximate surface area is 143 Å². The number of morpholine rings is 1. The Kier molecular flexibility index (Phi) is 5.88. The Morgan fingerprint density at radius 3 is 2.58 bits per heavy atom. The summed E-state index contributed by atoms with van der Waals surface area (Å²) in [5.41, 5.74) is 0.850. The first kappa shape index (κ1) is 17.0. The molecule has 2 heterocycles. The van der Waals surface area contributed by atoms with Gasteiger partial charge in [-0.15, -0.1) is 0 Å². The fraction of sp³-hybridized carbons (Fsp3) is 0.526. The molecule has 130 valence electrons. The quantitative estimate of drug-likeness (QED) is 0.917. The van der Waals surface area contributed by atoms with Crippen LogP contribution >= 0.6 is 0 Å². The molecule has 0 aromatic heterocycles. The molecule has 2 aliphatic heterocycles. The van der Waals surface area contributed by atoms with E-state index in [0.29, 0.717) is 18.2 Å². The number of phenols is 1. The molecule has 0 spiro atoms. The first-order chi connectivity index (χ1) is 11.7. The Morgan fingerprint density at radius 2 is 1.88 bits per heavy atom. The van der Waals surface area contributed by atoms with Gasteiger partial charge >= 0.3 is 0 Å². The summed E-state index contributed by atoms with van der Waals surface area (Å²) in [5, 5.41) is 9.79. The number of rotatable bonds is 4. The fourth-order valence-corrected chi connectivity index (χ4v) is 3.26. The van der Waals surface area contributed by atoms with Crippen molar-refractivity contribution in [3.8, 4) is 5.75 Å². The van der Waals surface area contributed by atoms with Crippen molar-refractivity contribution >= 4 is 12.0 Å². The summed E-state index contributed by atoms with van der Waals surface area (Å²) in [4.78, 5) is 16.6. The molecule has 0 radical (unpaired) electrons. The first-order valence-electron chi connectivity index (χ1n) is 8.76. The van der Waals surface area contributed by atoms with Gasteiger partial charge in [0.2, 0.25) is 5.91 Å². The van der Waals surface area contributed by atoms with Gasteiger partial charge in [-0.1, -0.05) is 30.4 Å². The van der Waals surface area contributed by atoms with Gasteiger partial charge in [0, 0.05) is 31.7 Å². The third-order valence-corrected chi connectivity index (χ3v) is 4.84. The Bertz CT molecular complexity index is 574. The molecule has 0 unspecified atom stereocenters. The second-order valence-corrected chi connectivity index (χ2v) is 6.52. The number of phenolic OH excluding ortho intramolecular Hbond substituents is 1. The van der Waals surface area contributed by atoms with E-state index in [0.717, 1.165) is 57.8 Å². The van der Waals surface area contributed by atoms with E-state index in [1.54, 1.807) is 6.07 Å². The third kappa shape index (κ3) is 4.58. The highest BCUT2D eigenvalue weighted by Crippen LogP contribution is 2.22. The third-order valence-electron chi connectivity index (χ3n) is 4.84. The lowest BCUT2D eigenvalue weighted by atomic mass is 9.95. The summed E-state index contributed by atoms with van der Waals surface area (Å²) in [7, 11) is 0. The highest BCUT2D eigenvalue weighted by molar-refractivity contribution is 5.78. The molecule has 0 bridgehead atoms. The van der Waals surface area contributed by atoms with Crippen LogP contribution in [0.3, 0.4) is 0 Å². The normalized spacial score (nSPS) is 20.6. The van der Waals surface area contributed by atoms with E-state index < -0.39 is 0 Å². The number of nitrogens with zero attached hydrogens (tertiary/aromatic N) is 2. The van der Waals surface area contributed by atoms with Gasteiger partial charge in [-0.05, 0) is 24.8 Å². The standard InChI is InChI=1S/C19H26N2O3/c22-18-4-2-1-3-17(18)6-5-16-7-9-21(10-8-16)19(23)15-20-11-13-24-14-12-20/h1-6,16,22H,7-15H2/b6-5+. The molecule has 5 heteroatoms. The summed E-state index contributed by atoms with van der Waals surface area (Å²) >= 11 is 0. The monoisotopic (exact) mass is 330 g/mol. The maximum atomic E-state index is 12.4. The van der Waals surface area contributed by atoms with Crippen LogP contribution in [0.4, 0.5) is 0 Å². The number of hydrogen-bond acceptors (Lipinski definition) is 4. The van der Waals surface area contributed by atoms with E-state index >= 15 is 0 Å². The van der Waals surface area contributed by atoms with Crippen molar-refractivity contribution in [1.29, 1.82) is 0 Å². The number of para-hydroxylation sites is 1. The van der Waals surface area contributed by atoms with Crippen molar-refractivity contribution < 1.29 is 14.6 Å². The number of allylic oxidation sites excluding steroid dienone is 1. The van der Waals surface area contributed by atoms with Crippen LogP contribution in [0.2, 0.25) is 0 Å². The van der Waals surface area contributed by atoms with Gasteiger partial charge in [0.1, 0.15) is 5.75 Å². The van der Waals surface area contributed by atoms with Crippen molar-refractivity contribution in [3.05, 3.63) is 35.9 Å². The van der Waals surface area contributed by atoms with Crippen molar-refractivity contribution in [2.45, 2.75) is 12.8 Å². The van der Waals surface area contributed by atoms with Gasteiger partial charge in [0.25, 0.3) is 0 Å². The maximum Gasteiger partial charge on any atom is 0.236 e. The van der Waals surface area contributed by atoms with Crippen molar-refractivity contribution in [2.75, 3.05) is 45.9 Å². The molecule has 1 amide bonds. The first-order valence-corrected chi connectivity index (χ1v) is 8.76. The summed E-state index contributed by atoms with van der Waals surface area (Å²) in [6.45, 7) is 5.32. The molecule has 0 saturated carbocycles. The number of benzene rings is 1. The van der Waals surface area contributed by atoms with Crippen LogP contribution < -0.4 is 0 Å². The number of aromatic hydroxyl groups is 1. The summed E-state index contributed by atoms with van der Waals surface area (Å²) < 4.78 is 5.32. The molecule has 0 atom stereocenters. The lowest BCUT2D eigenvalue weighted by Crippen LogP contribution is -2.46. The summed E-state index contributed by atoms with van der Waals surface area (Å²) in [6, 6.07) is 7.36. The number of carbonyl (C=O) groups excluding carboxylic acids is 1. The van der Waals surface area contributed by atoms with Crippen LogP contribution in [-0.4, -0.2) is 66.8 Å². The zero-order valence-electron chi connectivity index (χ0n) is 14.1. The van der Waals surface area contributed by atoms with Gasteiger partial charge in [-0.3, -0.25) is 9.69 Å². The average molecular weight is 330 g/mol. The molecule has 24 heavy (non-hydrogen) atoms. The molecule has 2 aliphatic rings. The van der Waals surface area contributed by atoms with Crippen LogP contribution in [0.1, 0.15) is 18.4 Å². The van der Waals surface area contributed by atoms with Crippen molar-refractivity contribution in [3.63, 3.8) is 0 Å². The molecule has 2 saturated heterocycles. The number of ether oxygens (including phenoxy) is 1. The molecule has 2 fully saturated rings. The Morgan fingerprint density at radius 1 is 1.17 bits per heavy atom. The molecule has 3 rings (SSSR count). The summed E-state index contributed by atoms with van der Waals surface area (Å²) in [6.07, 6.45) is 6.13. The minimum Gasteiger partial charge on any atom is -0.507 e. The van der Waals surface area contributed by atoms with Crippen LogP contribution in [0.5, 0.6) is 5.75 Å². The van der Waals surface area contributed by atoms with Crippen LogP contribution in [0.25, 0.3) is 6.08 Å². The molecule has 0 aliphatic carbocycles. The molecule has 1 aromatic rings. The second kappa shape index (κ2) is 8.31. The van der Waals surface area contributed by atoms with Crippen LogP contribution in [-0.2, 0) is 9.53 Å². The molecular formula is C19H26N2O3. The topological polar surface area (TPSA) is 53.0 Å². The zero-order chi connectivity index (χ0) is 16.8. The van der Waals surface area contributed by atoms with E-state index in [9.17, 15) is 9.90 Å². The number of carbonyl (C=O) groups is 1. The SMILES string of the molecule is O=C(CN1CCOCC1)N1CCC(/C=C/c2ccccc2O)CC1. The highest BCUT2D eigenvalue weighted by Gasteiger charge is 2.23. The van der Waals surface area contributed by atoms with Gasteiger partial charge in [-0.25, -0.2) is 0 Å². The molecule has 1 aromatic carbocycles. The average Bonchev–Trinajstić information content (AvgIpc) is 2.62. The Balaban J connectivity index is 1.45. The Hall–Kier alpha value is -1.85. The van der Waals surface area contributed by atoms with Gasteiger partial charge in [0.05, 0.1) is 19.8 Å².